The molecule has 2 aromatic carbocycles. The molecule has 2 heterocycles. The molecule has 3 N–H and O–H groups in total. The molecular weight excluding hydrogens is 521 g/mol. The van der Waals surface area contributed by atoms with Crippen LogP contribution in [0.2, 0.25) is 5.02 Å². The van der Waals surface area contributed by atoms with E-state index in [0.717, 1.165) is 12.1 Å². The van der Waals surface area contributed by atoms with Crippen molar-refractivity contribution >= 4 is 23.5 Å². The van der Waals surface area contributed by atoms with Crippen LogP contribution in [0, 0.1) is 22.9 Å². The van der Waals surface area contributed by atoms with E-state index < -0.39 is 58.3 Å². The molecule has 1 saturated heterocycles. The molecule has 0 aromatic heterocycles. The SMILES string of the molecule is CC(C)(C)C[C@H]1N[C@@H](C(=O)NC2CC(C)(O)C2)[C@H](c2cccc(Cl)c2F)[C@@]12C(=O)Oc1cc(F)c(F)cc12. The minimum absolute atomic E-state index is 0.0169. The van der Waals surface area contributed by atoms with Gasteiger partial charge in [0.05, 0.1) is 16.7 Å². The Bertz CT molecular complexity index is 1320. The smallest absolute Gasteiger partial charge is 0.324 e. The summed E-state index contributed by atoms with van der Waals surface area (Å²) in [5.41, 5.74) is -3.01. The van der Waals surface area contributed by atoms with E-state index in [4.69, 9.17) is 16.3 Å². The molecule has 10 heteroatoms. The fourth-order valence-corrected chi connectivity index (χ4v) is 6.60. The van der Waals surface area contributed by atoms with Crippen LogP contribution >= 0.6 is 11.6 Å². The normalized spacial score (nSPS) is 32.2. The van der Waals surface area contributed by atoms with Crippen LogP contribution in [0.15, 0.2) is 30.3 Å². The average molecular weight is 551 g/mol. The minimum Gasteiger partial charge on any atom is -0.425 e. The predicted octanol–water partition coefficient (Wildman–Crippen LogP) is 4.50. The average Bonchev–Trinajstić information content (AvgIpc) is 3.24. The number of ether oxygens (including phenoxy) is 1. The number of rotatable bonds is 4. The Hall–Kier alpha value is -2.62. The first-order chi connectivity index (χ1) is 17.6. The Morgan fingerprint density at radius 3 is 2.50 bits per heavy atom. The largest absolute Gasteiger partial charge is 0.425 e. The van der Waals surface area contributed by atoms with Gasteiger partial charge in [-0.05, 0) is 49.3 Å². The monoisotopic (exact) mass is 550 g/mol. The first kappa shape index (κ1) is 27.0. The summed E-state index contributed by atoms with van der Waals surface area (Å²) in [6, 6.07) is 3.76. The maximum atomic E-state index is 15.7. The third kappa shape index (κ3) is 4.28. The van der Waals surface area contributed by atoms with Gasteiger partial charge in [0.1, 0.15) is 17.0 Å². The lowest BCUT2D eigenvalue weighted by Crippen LogP contribution is -2.57. The second kappa shape index (κ2) is 8.96. The van der Waals surface area contributed by atoms with Gasteiger partial charge in [-0.1, -0.05) is 44.5 Å². The number of esters is 1. The van der Waals surface area contributed by atoms with E-state index in [1.54, 1.807) is 6.92 Å². The lowest BCUT2D eigenvalue weighted by atomic mass is 9.62. The van der Waals surface area contributed by atoms with Crippen molar-refractivity contribution in [1.29, 1.82) is 0 Å². The van der Waals surface area contributed by atoms with Crippen LogP contribution < -0.4 is 15.4 Å². The topological polar surface area (TPSA) is 87.7 Å². The van der Waals surface area contributed by atoms with Crippen LogP contribution in [0.3, 0.4) is 0 Å². The molecule has 38 heavy (non-hydrogen) atoms. The summed E-state index contributed by atoms with van der Waals surface area (Å²) in [6.45, 7) is 7.48. The van der Waals surface area contributed by atoms with Gasteiger partial charge in [-0.3, -0.25) is 9.59 Å². The maximum Gasteiger partial charge on any atom is 0.324 e. The minimum atomic E-state index is -1.75. The Morgan fingerprint density at radius 2 is 1.87 bits per heavy atom. The van der Waals surface area contributed by atoms with Gasteiger partial charge in [-0.15, -0.1) is 0 Å². The highest BCUT2D eigenvalue weighted by molar-refractivity contribution is 6.30. The third-order valence-corrected chi connectivity index (χ3v) is 8.19. The van der Waals surface area contributed by atoms with E-state index in [1.165, 1.54) is 18.2 Å². The molecule has 1 aliphatic carbocycles. The van der Waals surface area contributed by atoms with Gasteiger partial charge in [-0.2, -0.15) is 0 Å². The molecule has 1 amide bonds. The molecule has 204 valence electrons. The van der Waals surface area contributed by atoms with Crippen molar-refractivity contribution in [2.24, 2.45) is 5.41 Å². The molecule has 6 nitrogen and oxygen atoms in total. The summed E-state index contributed by atoms with van der Waals surface area (Å²) < 4.78 is 50.0. The molecule has 2 aromatic rings. The Balaban J connectivity index is 1.71. The highest BCUT2D eigenvalue weighted by Crippen LogP contribution is 2.58. The Labute approximate surface area is 223 Å². The molecule has 5 rings (SSSR count). The summed E-state index contributed by atoms with van der Waals surface area (Å²) in [7, 11) is 0. The third-order valence-electron chi connectivity index (χ3n) is 7.90. The van der Waals surface area contributed by atoms with Crippen molar-refractivity contribution in [3.8, 4) is 5.75 Å². The molecule has 2 fully saturated rings. The quantitative estimate of drug-likeness (QED) is 0.385. The van der Waals surface area contributed by atoms with E-state index in [9.17, 15) is 23.5 Å². The van der Waals surface area contributed by atoms with E-state index >= 15 is 4.39 Å². The van der Waals surface area contributed by atoms with Crippen LogP contribution in [-0.4, -0.2) is 40.7 Å². The molecule has 4 atom stereocenters. The highest BCUT2D eigenvalue weighted by atomic mass is 35.5. The van der Waals surface area contributed by atoms with Gasteiger partial charge < -0.3 is 20.5 Å². The first-order valence-electron chi connectivity index (χ1n) is 12.6. The van der Waals surface area contributed by atoms with Crippen molar-refractivity contribution < 1.29 is 32.6 Å². The number of nitrogens with one attached hydrogen (secondary N) is 2. The fourth-order valence-electron chi connectivity index (χ4n) is 6.42. The summed E-state index contributed by atoms with van der Waals surface area (Å²) in [5.74, 6) is -5.90. The second-order valence-electron chi connectivity index (χ2n) is 12.2. The van der Waals surface area contributed by atoms with Crippen molar-refractivity contribution in [3.05, 3.63) is 63.9 Å². The van der Waals surface area contributed by atoms with E-state index in [2.05, 4.69) is 10.6 Å². The number of carbonyl (C=O) groups excluding carboxylic acids is 2. The van der Waals surface area contributed by atoms with Gasteiger partial charge in [0.2, 0.25) is 5.91 Å². The van der Waals surface area contributed by atoms with Gasteiger partial charge in [-0.25, -0.2) is 13.2 Å². The lowest BCUT2D eigenvalue weighted by molar-refractivity contribution is -0.139. The lowest BCUT2D eigenvalue weighted by Gasteiger charge is -2.42. The maximum absolute atomic E-state index is 15.7. The van der Waals surface area contributed by atoms with Crippen LogP contribution in [0.1, 0.15) is 64.0 Å². The Morgan fingerprint density at radius 1 is 1.21 bits per heavy atom. The number of halogens is 4. The summed E-state index contributed by atoms with van der Waals surface area (Å²) in [6.07, 6.45) is 1.00. The zero-order chi connectivity index (χ0) is 27.8. The number of amides is 1. The van der Waals surface area contributed by atoms with Gasteiger partial charge in [0, 0.05) is 29.6 Å². The summed E-state index contributed by atoms with van der Waals surface area (Å²) >= 11 is 6.14. The summed E-state index contributed by atoms with van der Waals surface area (Å²) in [4.78, 5) is 27.6. The standard InChI is InChI=1S/C28H30ClF3N2O4/c1-26(2,3)12-20-28(15-8-17(30)18(31)9-19(15)38-25(28)36)21(14-6-5-7-16(29)22(14)32)23(34-20)24(35)33-13-10-27(4,37)11-13/h5-9,13,20-21,23,34,37H,10-12H2,1-4H3,(H,33,35)/t13?,20-,21+,23-,27?,28+/m1/s1. The molecule has 1 saturated carbocycles. The van der Waals surface area contributed by atoms with Crippen molar-refractivity contribution in [2.45, 2.75) is 82.0 Å². The fraction of sp³-hybridized carbons (Fsp3) is 0.500. The van der Waals surface area contributed by atoms with E-state index in [0.29, 0.717) is 19.3 Å². The molecule has 0 unspecified atom stereocenters. The number of carbonyl (C=O) groups is 2. The molecule has 1 spiro atoms. The van der Waals surface area contributed by atoms with Crippen LogP contribution in [0.5, 0.6) is 5.75 Å². The van der Waals surface area contributed by atoms with Gasteiger partial charge in [0.25, 0.3) is 0 Å². The predicted molar refractivity (Wildman–Crippen MR) is 134 cm³/mol. The zero-order valence-electron chi connectivity index (χ0n) is 21.5. The van der Waals surface area contributed by atoms with Crippen molar-refractivity contribution in [1.82, 2.24) is 10.6 Å². The van der Waals surface area contributed by atoms with Crippen LogP contribution in [-0.2, 0) is 15.0 Å². The van der Waals surface area contributed by atoms with Crippen molar-refractivity contribution in [3.63, 3.8) is 0 Å². The van der Waals surface area contributed by atoms with Crippen molar-refractivity contribution in [2.75, 3.05) is 0 Å². The number of benzene rings is 2. The molecule has 3 aliphatic rings. The molecule has 2 aliphatic heterocycles. The molecule has 0 radical (unpaired) electrons. The number of hydrogen-bond donors (Lipinski definition) is 3. The number of hydrogen-bond acceptors (Lipinski definition) is 5. The van der Waals surface area contributed by atoms with E-state index in [1.807, 2.05) is 20.8 Å². The summed E-state index contributed by atoms with van der Waals surface area (Å²) in [5, 5.41) is 16.1. The second-order valence-corrected chi connectivity index (χ2v) is 12.6. The van der Waals surface area contributed by atoms with Crippen LogP contribution in [0.25, 0.3) is 0 Å². The van der Waals surface area contributed by atoms with E-state index in [-0.39, 0.29) is 33.4 Å². The number of fused-ring (bicyclic) bond motifs is 2. The Kier molecular flexibility index (Phi) is 6.36. The van der Waals surface area contributed by atoms with Gasteiger partial charge in [0.15, 0.2) is 11.6 Å². The van der Waals surface area contributed by atoms with Crippen LogP contribution in [0.4, 0.5) is 13.2 Å². The number of aliphatic hydroxyl groups is 1. The highest BCUT2D eigenvalue weighted by Gasteiger charge is 2.68. The molecule has 0 bridgehead atoms. The first-order valence-corrected chi connectivity index (χ1v) is 13.0. The molecular formula is C28H30ClF3N2O4. The van der Waals surface area contributed by atoms with Gasteiger partial charge >= 0.3 is 5.97 Å². The zero-order valence-corrected chi connectivity index (χ0v) is 22.3.